The van der Waals surface area contributed by atoms with Crippen LogP contribution in [0.15, 0.2) is 18.2 Å². The summed E-state index contributed by atoms with van der Waals surface area (Å²) >= 11 is 0. The minimum absolute atomic E-state index is 0.157. The summed E-state index contributed by atoms with van der Waals surface area (Å²) < 4.78 is 6.10. The molecule has 2 fully saturated rings. The van der Waals surface area contributed by atoms with Crippen LogP contribution < -0.4 is 10.1 Å². The first kappa shape index (κ1) is 18.0. The fraction of sp³-hybridized carbons (Fsp3) is 0.571. The Morgan fingerprint density at radius 3 is 2.59 bits per heavy atom. The highest BCUT2D eigenvalue weighted by atomic mass is 16.5. The van der Waals surface area contributed by atoms with E-state index in [0.29, 0.717) is 23.9 Å². The molecular formula is C21H26N2O4. The van der Waals surface area contributed by atoms with Crippen molar-refractivity contribution in [3.8, 4) is 5.75 Å². The number of imide groups is 1. The van der Waals surface area contributed by atoms with Crippen LogP contribution in [0.5, 0.6) is 5.75 Å². The number of amides is 3. The van der Waals surface area contributed by atoms with E-state index in [1.807, 2.05) is 12.1 Å². The highest BCUT2D eigenvalue weighted by Gasteiger charge is 2.43. The quantitative estimate of drug-likeness (QED) is 0.809. The number of carbonyl (C=O) groups excluding carboxylic acids is 3. The van der Waals surface area contributed by atoms with Crippen LogP contribution in [-0.4, -0.2) is 34.8 Å². The Hall–Kier alpha value is -2.37. The Morgan fingerprint density at radius 1 is 1.19 bits per heavy atom. The van der Waals surface area contributed by atoms with Gasteiger partial charge in [0.1, 0.15) is 11.8 Å². The van der Waals surface area contributed by atoms with Crippen LogP contribution in [0, 0.1) is 5.41 Å². The number of carbonyl (C=O) groups is 3. The molecule has 0 bridgehead atoms. The predicted octanol–water partition coefficient (Wildman–Crippen LogP) is 2.80. The third-order valence-electron chi connectivity index (χ3n) is 6.62. The number of hydrogen-bond acceptors (Lipinski definition) is 4. The maximum atomic E-state index is 12.8. The summed E-state index contributed by atoms with van der Waals surface area (Å²) in [5.74, 6) is -0.0892. The van der Waals surface area contributed by atoms with Gasteiger partial charge in [-0.2, -0.15) is 0 Å². The number of piperidine rings is 1. The third-order valence-corrected chi connectivity index (χ3v) is 6.62. The molecule has 1 unspecified atom stereocenters. The van der Waals surface area contributed by atoms with Crippen molar-refractivity contribution < 1.29 is 19.1 Å². The van der Waals surface area contributed by atoms with Crippen molar-refractivity contribution >= 4 is 17.7 Å². The Kier molecular flexibility index (Phi) is 4.44. The van der Waals surface area contributed by atoms with E-state index in [4.69, 9.17) is 4.74 Å². The van der Waals surface area contributed by atoms with E-state index in [1.54, 1.807) is 11.0 Å². The summed E-state index contributed by atoms with van der Waals surface area (Å²) in [7, 11) is 0. The molecule has 3 amide bonds. The standard InChI is InChI=1S/C21H26N2O4/c1-3-21(4-2)10-15(11-21)27-14-6-5-13-12-23(20(26)16(13)9-14)17-7-8-18(24)22-19(17)25/h5-6,9,15,17H,3-4,7-8,10-12H2,1-2H3,(H,22,24,25). The summed E-state index contributed by atoms with van der Waals surface area (Å²) in [6, 6.07) is 5.06. The van der Waals surface area contributed by atoms with Crippen molar-refractivity contribution in [1.82, 2.24) is 10.2 Å². The predicted molar refractivity (Wildman–Crippen MR) is 99.2 cm³/mol. The van der Waals surface area contributed by atoms with E-state index < -0.39 is 6.04 Å². The van der Waals surface area contributed by atoms with Gasteiger partial charge in [-0.25, -0.2) is 0 Å². The molecule has 4 rings (SSSR count). The molecule has 1 aromatic carbocycles. The molecule has 1 atom stereocenters. The molecular weight excluding hydrogens is 344 g/mol. The normalized spacial score (nSPS) is 24.4. The SMILES string of the molecule is CCC1(CC)CC(Oc2ccc3c(c2)C(=O)N(C2CCC(=O)NC2=O)C3)C1. The molecule has 1 aromatic rings. The van der Waals surface area contributed by atoms with Crippen LogP contribution >= 0.6 is 0 Å². The Balaban J connectivity index is 1.44. The number of hydrogen-bond donors (Lipinski definition) is 1. The van der Waals surface area contributed by atoms with Crippen molar-refractivity contribution in [2.24, 2.45) is 5.41 Å². The van der Waals surface area contributed by atoms with Crippen LogP contribution in [0.3, 0.4) is 0 Å². The second-order valence-electron chi connectivity index (χ2n) is 8.07. The monoisotopic (exact) mass is 370 g/mol. The minimum Gasteiger partial charge on any atom is -0.490 e. The second-order valence-corrected chi connectivity index (χ2v) is 8.07. The lowest BCUT2D eigenvalue weighted by atomic mass is 9.63. The van der Waals surface area contributed by atoms with Gasteiger partial charge in [-0.3, -0.25) is 19.7 Å². The average Bonchev–Trinajstić information content (AvgIpc) is 2.94. The highest BCUT2D eigenvalue weighted by molar-refractivity contribution is 6.05. The van der Waals surface area contributed by atoms with Gasteiger partial charge in [-0.05, 0) is 42.4 Å². The average molecular weight is 370 g/mol. The van der Waals surface area contributed by atoms with Gasteiger partial charge in [0, 0.05) is 18.5 Å². The Bertz CT molecular complexity index is 791. The smallest absolute Gasteiger partial charge is 0.255 e. The molecule has 1 aliphatic carbocycles. The van der Waals surface area contributed by atoms with Crippen LogP contribution in [0.25, 0.3) is 0 Å². The van der Waals surface area contributed by atoms with Gasteiger partial charge in [0.25, 0.3) is 5.91 Å². The maximum Gasteiger partial charge on any atom is 0.255 e. The largest absolute Gasteiger partial charge is 0.490 e. The number of rotatable bonds is 5. The molecule has 144 valence electrons. The van der Waals surface area contributed by atoms with Crippen molar-refractivity contribution in [3.63, 3.8) is 0 Å². The fourth-order valence-electron chi connectivity index (χ4n) is 4.62. The third kappa shape index (κ3) is 3.11. The van der Waals surface area contributed by atoms with E-state index in [9.17, 15) is 14.4 Å². The van der Waals surface area contributed by atoms with Crippen molar-refractivity contribution in [2.75, 3.05) is 0 Å². The number of nitrogens with one attached hydrogen (secondary N) is 1. The molecule has 1 saturated carbocycles. The molecule has 27 heavy (non-hydrogen) atoms. The van der Waals surface area contributed by atoms with Gasteiger partial charge in [-0.1, -0.05) is 32.8 Å². The maximum absolute atomic E-state index is 12.8. The van der Waals surface area contributed by atoms with E-state index in [2.05, 4.69) is 19.2 Å². The summed E-state index contributed by atoms with van der Waals surface area (Å²) in [4.78, 5) is 37.9. The Labute approximate surface area is 159 Å². The van der Waals surface area contributed by atoms with E-state index >= 15 is 0 Å². The highest BCUT2D eigenvalue weighted by Crippen LogP contribution is 2.48. The second kappa shape index (κ2) is 6.66. The summed E-state index contributed by atoms with van der Waals surface area (Å²) in [5.41, 5.74) is 1.93. The van der Waals surface area contributed by atoms with Gasteiger partial charge in [0.15, 0.2) is 0 Å². The first-order chi connectivity index (χ1) is 12.9. The zero-order chi connectivity index (χ0) is 19.2. The Morgan fingerprint density at radius 2 is 1.93 bits per heavy atom. The molecule has 6 nitrogen and oxygen atoms in total. The number of benzene rings is 1. The molecule has 1 saturated heterocycles. The molecule has 6 heteroatoms. The lowest BCUT2D eigenvalue weighted by Crippen LogP contribution is -2.52. The number of fused-ring (bicyclic) bond motifs is 1. The van der Waals surface area contributed by atoms with Crippen molar-refractivity contribution in [3.05, 3.63) is 29.3 Å². The molecule has 2 aliphatic heterocycles. The number of nitrogens with zero attached hydrogens (tertiary/aromatic N) is 1. The zero-order valence-corrected chi connectivity index (χ0v) is 15.9. The van der Waals surface area contributed by atoms with Crippen LogP contribution in [-0.2, 0) is 16.1 Å². The fourth-order valence-corrected chi connectivity index (χ4v) is 4.62. The lowest BCUT2D eigenvalue weighted by Gasteiger charge is -2.46. The zero-order valence-electron chi connectivity index (χ0n) is 15.9. The molecule has 1 N–H and O–H groups in total. The van der Waals surface area contributed by atoms with Gasteiger partial charge >= 0.3 is 0 Å². The lowest BCUT2D eigenvalue weighted by molar-refractivity contribution is -0.136. The molecule has 0 aromatic heterocycles. The summed E-state index contributed by atoms with van der Waals surface area (Å²) in [6.45, 7) is 4.87. The summed E-state index contributed by atoms with van der Waals surface area (Å²) in [5, 5.41) is 2.33. The van der Waals surface area contributed by atoms with Crippen molar-refractivity contribution in [2.45, 2.75) is 71.1 Å². The molecule has 0 radical (unpaired) electrons. The van der Waals surface area contributed by atoms with Gasteiger partial charge in [-0.15, -0.1) is 0 Å². The van der Waals surface area contributed by atoms with E-state index in [0.717, 1.165) is 24.2 Å². The molecule has 2 heterocycles. The number of ether oxygens (including phenoxy) is 1. The van der Waals surface area contributed by atoms with Gasteiger partial charge in [0.05, 0.1) is 6.10 Å². The van der Waals surface area contributed by atoms with Crippen LogP contribution in [0.2, 0.25) is 0 Å². The summed E-state index contributed by atoms with van der Waals surface area (Å²) in [6.07, 6.45) is 5.33. The minimum atomic E-state index is -0.576. The van der Waals surface area contributed by atoms with Crippen molar-refractivity contribution in [1.29, 1.82) is 0 Å². The first-order valence-corrected chi connectivity index (χ1v) is 9.89. The molecule has 3 aliphatic rings. The van der Waals surface area contributed by atoms with Gasteiger partial charge < -0.3 is 9.64 Å². The van der Waals surface area contributed by atoms with Crippen LogP contribution in [0.4, 0.5) is 0 Å². The van der Waals surface area contributed by atoms with E-state index in [1.165, 1.54) is 12.8 Å². The molecule has 0 spiro atoms. The van der Waals surface area contributed by atoms with E-state index in [-0.39, 0.29) is 30.2 Å². The van der Waals surface area contributed by atoms with Crippen LogP contribution in [0.1, 0.15) is 68.3 Å². The first-order valence-electron chi connectivity index (χ1n) is 9.89. The van der Waals surface area contributed by atoms with Gasteiger partial charge in [0.2, 0.25) is 11.8 Å². The topological polar surface area (TPSA) is 75.7 Å².